The lowest BCUT2D eigenvalue weighted by Crippen LogP contribution is -2.49. The van der Waals surface area contributed by atoms with Gasteiger partial charge in [0.15, 0.2) is 11.5 Å². The van der Waals surface area contributed by atoms with Gasteiger partial charge in [-0.2, -0.15) is 0 Å². The Balaban J connectivity index is 1.40. The van der Waals surface area contributed by atoms with E-state index in [1.165, 1.54) is 25.7 Å². The quantitative estimate of drug-likeness (QED) is 0.327. The summed E-state index contributed by atoms with van der Waals surface area (Å²) in [5.41, 5.74) is 2.66. The van der Waals surface area contributed by atoms with Gasteiger partial charge in [0.1, 0.15) is 18.1 Å². The zero-order chi connectivity index (χ0) is 28.6. The van der Waals surface area contributed by atoms with Crippen molar-refractivity contribution in [3.05, 3.63) is 102 Å². The molecule has 0 bridgehead atoms. The lowest BCUT2D eigenvalue weighted by Gasteiger charge is -2.37. The van der Waals surface area contributed by atoms with Crippen molar-refractivity contribution in [1.29, 1.82) is 0 Å². The van der Waals surface area contributed by atoms with Crippen LogP contribution in [-0.2, 0) is 6.61 Å². The average Bonchev–Trinajstić information content (AvgIpc) is 3.04. The molecule has 1 aliphatic heterocycles. The number of amides is 2. The summed E-state index contributed by atoms with van der Waals surface area (Å²) in [6, 6.07) is 20.8. The van der Waals surface area contributed by atoms with Crippen molar-refractivity contribution in [3.63, 3.8) is 0 Å². The van der Waals surface area contributed by atoms with Crippen LogP contribution >= 0.6 is 0 Å². The first kappa shape index (κ1) is 27.4. The summed E-state index contributed by atoms with van der Waals surface area (Å²) in [5.74, 6) is 0.842. The van der Waals surface area contributed by atoms with Crippen LogP contribution in [0.4, 0.5) is 11.4 Å². The van der Waals surface area contributed by atoms with Crippen LogP contribution in [0.25, 0.3) is 0 Å². The number of anilines is 2. The van der Waals surface area contributed by atoms with Crippen LogP contribution in [0.1, 0.15) is 26.4 Å². The van der Waals surface area contributed by atoms with Gasteiger partial charge in [-0.05, 0) is 23.8 Å². The summed E-state index contributed by atoms with van der Waals surface area (Å²) in [4.78, 5) is 38.9. The molecule has 0 radical (unpaired) electrons. The monoisotopic (exact) mass is 553 g/mol. The molecule has 2 heterocycles. The van der Waals surface area contributed by atoms with E-state index in [-0.39, 0.29) is 23.8 Å². The molecule has 1 saturated heterocycles. The van der Waals surface area contributed by atoms with E-state index in [9.17, 15) is 9.59 Å². The third kappa shape index (κ3) is 6.38. The number of aromatic nitrogens is 2. The van der Waals surface area contributed by atoms with E-state index in [1.54, 1.807) is 24.1 Å². The first-order valence-electron chi connectivity index (χ1n) is 13.2. The van der Waals surface area contributed by atoms with E-state index in [2.05, 4.69) is 20.2 Å². The van der Waals surface area contributed by atoms with E-state index in [4.69, 9.17) is 14.2 Å². The summed E-state index contributed by atoms with van der Waals surface area (Å²) in [6.45, 7) is 2.52. The van der Waals surface area contributed by atoms with Gasteiger partial charge in [-0.3, -0.25) is 14.6 Å². The van der Waals surface area contributed by atoms with Gasteiger partial charge in [0.05, 0.1) is 37.4 Å². The third-order valence-corrected chi connectivity index (χ3v) is 6.81. The highest BCUT2D eigenvalue weighted by Gasteiger charge is 2.27. The van der Waals surface area contributed by atoms with Crippen LogP contribution in [0.5, 0.6) is 17.2 Å². The van der Waals surface area contributed by atoms with Gasteiger partial charge in [0.25, 0.3) is 11.8 Å². The van der Waals surface area contributed by atoms with E-state index in [1.807, 2.05) is 54.6 Å². The number of nitrogens with one attached hydrogen (secondary N) is 1. The van der Waals surface area contributed by atoms with E-state index < -0.39 is 5.91 Å². The Morgan fingerprint density at radius 1 is 0.854 bits per heavy atom. The highest BCUT2D eigenvalue weighted by Crippen LogP contribution is 2.36. The summed E-state index contributed by atoms with van der Waals surface area (Å²) in [5, 5.41) is 2.83. The minimum absolute atomic E-state index is 0.124. The van der Waals surface area contributed by atoms with Gasteiger partial charge in [0, 0.05) is 44.6 Å². The van der Waals surface area contributed by atoms with Crippen molar-refractivity contribution in [2.75, 3.05) is 50.6 Å². The Bertz CT molecular complexity index is 1490. The molecule has 4 aromatic rings. The van der Waals surface area contributed by atoms with Gasteiger partial charge < -0.3 is 29.3 Å². The number of hydrogen-bond donors (Lipinski definition) is 1. The Morgan fingerprint density at radius 3 is 2.29 bits per heavy atom. The van der Waals surface area contributed by atoms with Gasteiger partial charge in [0.2, 0.25) is 0 Å². The molecule has 1 fully saturated rings. The normalized spacial score (nSPS) is 12.9. The van der Waals surface area contributed by atoms with Gasteiger partial charge in [-0.15, -0.1) is 0 Å². The number of para-hydroxylation sites is 2. The van der Waals surface area contributed by atoms with Gasteiger partial charge >= 0.3 is 0 Å². The predicted octanol–water partition coefficient (Wildman–Crippen LogP) is 4.29. The summed E-state index contributed by atoms with van der Waals surface area (Å²) in [6.07, 6.45) is 4.29. The average molecular weight is 554 g/mol. The van der Waals surface area contributed by atoms with Crippen molar-refractivity contribution in [1.82, 2.24) is 14.9 Å². The fraction of sp³-hybridized carbons (Fsp3) is 0.226. The molecule has 10 nitrogen and oxygen atoms in total. The molecule has 0 atom stereocenters. The third-order valence-electron chi connectivity index (χ3n) is 6.81. The molecule has 3 aromatic carbocycles. The molecule has 5 rings (SSSR count). The first-order chi connectivity index (χ1) is 20.1. The van der Waals surface area contributed by atoms with Gasteiger partial charge in [-0.25, -0.2) is 4.98 Å². The molecular formula is C31H31N5O5. The maximum Gasteiger partial charge on any atom is 0.275 e. The van der Waals surface area contributed by atoms with Crippen LogP contribution in [0.15, 0.2) is 85.3 Å². The van der Waals surface area contributed by atoms with E-state index in [0.717, 1.165) is 17.0 Å². The molecule has 1 aromatic heterocycles. The molecular weight excluding hydrogens is 522 g/mol. The second-order valence-corrected chi connectivity index (χ2v) is 9.32. The highest BCUT2D eigenvalue weighted by molar-refractivity contribution is 6.08. The maximum absolute atomic E-state index is 13.9. The molecule has 0 spiro atoms. The fourth-order valence-electron chi connectivity index (χ4n) is 4.66. The molecule has 0 aliphatic carbocycles. The Labute approximate surface area is 238 Å². The zero-order valence-corrected chi connectivity index (χ0v) is 22.9. The number of ether oxygens (including phenoxy) is 3. The number of carbonyl (C=O) groups excluding carboxylic acids is 2. The van der Waals surface area contributed by atoms with Crippen LogP contribution < -0.4 is 24.4 Å². The molecule has 1 N–H and O–H groups in total. The minimum Gasteiger partial charge on any atom is -0.495 e. The molecule has 2 amide bonds. The number of methoxy groups -OCH3 is 2. The number of nitrogens with zero attached hydrogens (tertiary/aromatic N) is 4. The summed E-state index contributed by atoms with van der Waals surface area (Å²) >= 11 is 0. The van der Waals surface area contributed by atoms with Crippen molar-refractivity contribution in [3.8, 4) is 17.2 Å². The van der Waals surface area contributed by atoms with Crippen molar-refractivity contribution in [2.45, 2.75) is 6.61 Å². The number of piperazine rings is 1. The minimum atomic E-state index is -0.493. The maximum atomic E-state index is 13.9. The topological polar surface area (TPSA) is 106 Å². The number of benzene rings is 3. The Hall–Kier alpha value is -5.12. The van der Waals surface area contributed by atoms with Crippen LogP contribution in [0.2, 0.25) is 0 Å². The van der Waals surface area contributed by atoms with Crippen LogP contribution in [0.3, 0.4) is 0 Å². The molecule has 10 heteroatoms. The molecule has 210 valence electrons. The largest absolute Gasteiger partial charge is 0.495 e. The summed E-state index contributed by atoms with van der Waals surface area (Å²) in [7, 11) is 3.17. The predicted molar refractivity (Wildman–Crippen MR) is 155 cm³/mol. The fourth-order valence-corrected chi connectivity index (χ4v) is 4.66. The first-order valence-corrected chi connectivity index (χ1v) is 13.2. The number of rotatable bonds is 9. The number of carbonyl (C=O) groups is 2. The smallest absolute Gasteiger partial charge is 0.275 e. The lowest BCUT2D eigenvalue weighted by molar-refractivity contribution is 0.0747. The molecule has 0 saturated carbocycles. The zero-order valence-electron chi connectivity index (χ0n) is 22.9. The van der Waals surface area contributed by atoms with Crippen LogP contribution in [0, 0.1) is 0 Å². The second-order valence-electron chi connectivity index (χ2n) is 9.32. The van der Waals surface area contributed by atoms with Crippen molar-refractivity contribution >= 4 is 23.2 Å². The van der Waals surface area contributed by atoms with Crippen molar-refractivity contribution < 1.29 is 23.8 Å². The molecule has 1 aliphatic rings. The second kappa shape index (κ2) is 12.8. The Kier molecular flexibility index (Phi) is 8.58. The van der Waals surface area contributed by atoms with E-state index >= 15 is 0 Å². The van der Waals surface area contributed by atoms with Gasteiger partial charge in [-0.1, -0.05) is 42.5 Å². The lowest BCUT2D eigenvalue weighted by atomic mass is 10.1. The standard InChI is InChI=1S/C31H31N5O5/c1-39-27-11-7-6-10-26(27)35-14-16-36(17-15-35)31(38)23-18-28(40-2)29(41-21-22-8-4-3-5-9-22)19-24(23)34-30(37)25-20-32-12-13-33-25/h3-13,18-20H,14-17,21H2,1-2H3,(H,34,37). The number of hydrogen-bond acceptors (Lipinski definition) is 8. The SMILES string of the molecule is COc1cc(C(=O)N2CCN(c3ccccc3OC)CC2)c(NC(=O)c2cnccn2)cc1OCc1ccccc1. The molecule has 41 heavy (non-hydrogen) atoms. The summed E-state index contributed by atoms with van der Waals surface area (Å²) < 4.78 is 17.2. The highest BCUT2D eigenvalue weighted by atomic mass is 16.5. The van der Waals surface area contributed by atoms with Crippen LogP contribution in [-0.4, -0.2) is 67.1 Å². The molecule has 0 unspecified atom stereocenters. The van der Waals surface area contributed by atoms with E-state index in [0.29, 0.717) is 43.4 Å². The Morgan fingerprint density at radius 2 is 1.59 bits per heavy atom. The van der Waals surface area contributed by atoms with Crippen molar-refractivity contribution in [2.24, 2.45) is 0 Å².